The van der Waals surface area contributed by atoms with Crippen LogP contribution in [0.5, 0.6) is 0 Å². The van der Waals surface area contributed by atoms with Gasteiger partial charge in [-0.05, 0) is 19.8 Å². The Hall–Kier alpha value is -1.99. The number of hydrogen-bond donors (Lipinski definition) is 13. The maximum absolute atomic E-state index is 12.4. The molecular weight excluding hydrogens is 526 g/mol. The van der Waals surface area contributed by atoms with Crippen LogP contribution >= 0.6 is 0 Å². The summed E-state index contributed by atoms with van der Waals surface area (Å²) >= 11 is 0. The lowest BCUT2D eigenvalue weighted by molar-refractivity contribution is -0.128. The molecule has 16 nitrogen and oxygen atoms in total. The average Bonchev–Trinajstić information content (AvgIpc) is 2.93. The number of aliphatic hydroxyl groups is 10. The van der Waals surface area contributed by atoms with Crippen LogP contribution in [0, 0.1) is 5.92 Å². The highest BCUT2D eigenvalue weighted by molar-refractivity contribution is 5.80. The second-order valence-corrected chi connectivity index (χ2v) is 9.59. The van der Waals surface area contributed by atoms with Gasteiger partial charge in [-0.3, -0.25) is 14.4 Å². The zero-order valence-corrected chi connectivity index (χ0v) is 22.1. The molecule has 0 aromatic rings. The van der Waals surface area contributed by atoms with E-state index in [0.29, 0.717) is 0 Å². The molecule has 0 saturated heterocycles. The predicted molar refractivity (Wildman–Crippen MR) is 133 cm³/mol. The first-order valence-electron chi connectivity index (χ1n) is 12.7. The van der Waals surface area contributed by atoms with Gasteiger partial charge in [0, 0.05) is 37.9 Å². The molecular formula is C23H45N3O13. The molecule has 39 heavy (non-hydrogen) atoms. The molecule has 0 unspecified atom stereocenters. The van der Waals surface area contributed by atoms with Gasteiger partial charge in [0.25, 0.3) is 0 Å². The molecule has 0 aliphatic carbocycles. The lowest BCUT2D eigenvalue weighted by atomic mass is 10.0. The van der Waals surface area contributed by atoms with Crippen LogP contribution in [0.25, 0.3) is 0 Å². The quantitative estimate of drug-likeness (QED) is 0.0648. The molecule has 230 valence electrons. The SMILES string of the molecule is C[C@H](CCC(=O)NC[C@@H](O)[C@H](O)[C@@H](O)[C@@H](O)CO)NC(=O)[C@@H](C)CCC(=O)NC[C@H](O)[C@@H](O)[C@H](O)[C@H](O)CO. The van der Waals surface area contributed by atoms with E-state index in [1.165, 1.54) is 0 Å². The van der Waals surface area contributed by atoms with Crippen LogP contribution in [-0.2, 0) is 14.4 Å². The molecule has 0 radical (unpaired) electrons. The summed E-state index contributed by atoms with van der Waals surface area (Å²) in [6.07, 6.45) is -13.5. The Bertz CT molecular complexity index is 731. The third-order valence-electron chi connectivity index (χ3n) is 6.11. The van der Waals surface area contributed by atoms with Crippen LogP contribution < -0.4 is 16.0 Å². The van der Waals surface area contributed by atoms with Crippen molar-refractivity contribution in [3.63, 3.8) is 0 Å². The summed E-state index contributed by atoms with van der Waals surface area (Å²) in [5, 5.41) is 102. The fourth-order valence-corrected chi connectivity index (χ4v) is 3.27. The number of carbonyl (C=O) groups is 3. The van der Waals surface area contributed by atoms with Crippen LogP contribution in [-0.4, -0.2) is 150 Å². The molecule has 0 bridgehead atoms. The Balaban J connectivity index is 4.30. The zero-order valence-electron chi connectivity index (χ0n) is 22.1. The van der Waals surface area contributed by atoms with Crippen LogP contribution in [0.1, 0.15) is 39.5 Å². The Kier molecular flexibility index (Phi) is 18.2. The summed E-state index contributed by atoms with van der Waals surface area (Å²) < 4.78 is 0. The standard InChI is InChI=1S/C23H45N3O13/c1-11(3-5-17(33)24-7-13(29)19(35)21(37)15(31)9-27)23(39)26-12(2)4-6-18(34)25-8-14(30)20(36)22(38)16(32)10-28/h11-16,19-22,27-32,35-38H,3-10H2,1-2H3,(H,24,33)(H,25,34)(H,26,39)/t11-,12+,13-,14+,15+,16-,19+,20-,21+,22-/m0/s1. The second-order valence-electron chi connectivity index (χ2n) is 9.59. The third-order valence-corrected chi connectivity index (χ3v) is 6.11. The van der Waals surface area contributed by atoms with Crippen LogP contribution in [0.4, 0.5) is 0 Å². The van der Waals surface area contributed by atoms with E-state index in [4.69, 9.17) is 10.2 Å². The van der Waals surface area contributed by atoms with Gasteiger partial charge in [-0.2, -0.15) is 0 Å². The fraction of sp³-hybridized carbons (Fsp3) is 0.870. The van der Waals surface area contributed by atoms with Gasteiger partial charge in [-0.1, -0.05) is 6.92 Å². The van der Waals surface area contributed by atoms with Crippen molar-refractivity contribution < 1.29 is 65.4 Å². The summed E-state index contributed by atoms with van der Waals surface area (Å²) in [6.45, 7) is 0.731. The Labute approximate surface area is 226 Å². The first-order valence-corrected chi connectivity index (χ1v) is 12.7. The van der Waals surface area contributed by atoms with Gasteiger partial charge < -0.3 is 67.0 Å². The summed E-state index contributed by atoms with van der Waals surface area (Å²) in [4.78, 5) is 36.3. The first-order chi connectivity index (χ1) is 18.2. The van der Waals surface area contributed by atoms with Gasteiger partial charge >= 0.3 is 0 Å². The molecule has 0 aromatic carbocycles. The van der Waals surface area contributed by atoms with E-state index in [1.807, 2.05) is 0 Å². The Morgan fingerprint density at radius 3 is 1.33 bits per heavy atom. The number of carbonyl (C=O) groups excluding carboxylic acids is 3. The summed E-state index contributed by atoms with van der Waals surface area (Å²) in [7, 11) is 0. The Morgan fingerprint density at radius 1 is 0.590 bits per heavy atom. The highest BCUT2D eigenvalue weighted by Gasteiger charge is 2.31. The third kappa shape index (κ3) is 14.3. The van der Waals surface area contributed by atoms with Gasteiger partial charge in [0.2, 0.25) is 17.7 Å². The lowest BCUT2D eigenvalue weighted by Crippen LogP contribution is -2.49. The second kappa shape index (κ2) is 19.1. The molecule has 16 heteroatoms. The maximum Gasteiger partial charge on any atom is 0.223 e. The summed E-state index contributed by atoms with van der Waals surface area (Å²) in [5.41, 5.74) is 0. The minimum Gasteiger partial charge on any atom is -0.394 e. The van der Waals surface area contributed by atoms with Crippen molar-refractivity contribution in [3.05, 3.63) is 0 Å². The lowest BCUT2D eigenvalue weighted by Gasteiger charge is -2.25. The number of aliphatic hydroxyl groups excluding tert-OH is 10. The molecule has 0 heterocycles. The van der Waals surface area contributed by atoms with Crippen molar-refractivity contribution in [1.29, 1.82) is 0 Å². The molecule has 0 spiro atoms. The number of rotatable bonds is 20. The smallest absolute Gasteiger partial charge is 0.223 e. The predicted octanol–water partition coefficient (Wildman–Crippen LogP) is -6.21. The minimum absolute atomic E-state index is 0.0406. The molecule has 0 fully saturated rings. The zero-order chi connectivity index (χ0) is 30.3. The highest BCUT2D eigenvalue weighted by atomic mass is 16.4. The van der Waals surface area contributed by atoms with E-state index in [9.17, 15) is 55.2 Å². The van der Waals surface area contributed by atoms with Crippen LogP contribution in [0.2, 0.25) is 0 Å². The largest absolute Gasteiger partial charge is 0.394 e. The first kappa shape index (κ1) is 37.0. The number of hydrogen-bond acceptors (Lipinski definition) is 13. The van der Waals surface area contributed by atoms with E-state index in [0.717, 1.165) is 0 Å². The molecule has 0 rings (SSSR count). The number of nitrogens with one attached hydrogen (secondary N) is 3. The van der Waals surface area contributed by atoms with Crippen molar-refractivity contribution in [2.75, 3.05) is 26.3 Å². The monoisotopic (exact) mass is 571 g/mol. The van der Waals surface area contributed by atoms with Crippen molar-refractivity contribution >= 4 is 17.7 Å². The topological polar surface area (TPSA) is 290 Å². The molecule has 13 N–H and O–H groups in total. The van der Waals surface area contributed by atoms with Gasteiger partial charge in [0.15, 0.2) is 0 Å². The molecule has 0 aliphatic heterocycles. The average molecular weight is 572 g/mol. The summed E-state index contributed by atoms with van der Waals surface area (Å²) in [6, 6.07) is -0.422. The van der Waals surface area contributed by atoms with Crippen molar-refractivity contribution in [2.24, 2.45) is 5.92 Å². The van der Waals surface area contributed by atoms with Gasteiger partial charge in [-0.25, -0.2) is 0 Å². The normalized spacial score (nSPS) is 19.4. The van der Waals surface area contributed by atoms with Crippen molar-refractivity contribution in [1.82, 2.24) is 16.0 Å². The highest BCUT2D eigenvalue weighted by Crippen LogP contribution is 2.09. The summed E-state index contributed by atoms with van der Waals surface area (Å²) in [5.74, 6) is -1.99. The molecule has 3 amide bonds. The van der Waals surface area contributed by atoms with Gasteiger partial charge in [0.05, 0.1) is 25.4 Å². The van der Waals surface area contributed by atoms with Gasteiger partial charge in [-0.15, -0.1) is 0 Å². The van der Waals surface area contributed by atoms with E-state index in [1.54, 1.807) is 13.8 Å². The van der Waals surface area contributed by atoms with Crippen molar-refractivity contribution in [3.8, 4) is 0 Å². The molecule has 10 atom stereocenters. The Morgan fingerprint density at radius 2 is 0.949 bits per heavy atom. The number of amides is 3. The fourth-order valence-electron chi connectivity index (χ4n) is 3.27. The van der Waals surface area contributed by atoms with E-state index < -0.39 is 98.9 Å². The van der Waals surface area contributed by atoms with E-state index >= 15 is 0 Å². The molecule has 0 saturated carbocycles. The van der Waals surface area contributed by atoms with Crippen molar-refractivity contribution in [2.45, 2.75) is 94.4 Å². The molecule has 0 aromatic heterocycles. The van der Waals surface area contributed by atoms with E-state index in [2.05, 4.69) is 16.0 Å². The maximum atomic E-state index is 12.4. The van der Waals surface area contributed by atoms with Crippen LogP contribution in [0.15, 0.2) is 0 Å². The minimum atomic E-state index is -1.82. The van der Waals surface area contributed by atoms with Gasteiger partial charge in [0.1, 0.15) is 36.6 Å². The molecule has 0 aliphatic rings. The van der Waals surface area contributed by atoms with Crippen LogP contribution in [0.3, 0.4) is 0 Å². The van der Waals surface area contributed by atoms with E-state index in [-0.39, 0.29) is 31.6 Å².